The average Bonchev–Trinajstić information content (AvgIpc) is 3.35. The van der Waals surface area contributed by atoms with Gasteiger partial charge >= 0.3 is 0 Å². The van der Waals surface area contributed by atoms with E-state index in [9.17, 15) is 4.79 Å². The summed E-state index contributed by atoms with van der Waals surface area (Å²) < 4.78 is 6.02. The lowest BCUT2D eigenvalue weighted by molar-refractivity contribution is -0.124. The van der Waals surface area contributed by atoms with Gasteiger partial charge in [0.25, 0.3) is 5.91 Å². The summed E-state index contributed by atoms with van der Waals surface area (Å²) in [7, 11) is 0. The Balaban J connectivity index is 1.57. The minimum absolute atomic E-state index is 0.0967. The van der Waals surface area contributed by atoms with Crippen molar-refractivity contribution in [2.75, 3.05) is 23.7 Å². The third kappa shape index (κ3) is 3.19. The molecule has 0 unspecified atom stereocenters. The van der Waals surface area contributed by atoms with Gasteiger partial charge in [-0.1, -0.05) is 0 Å². The fourth-order valence-corrected chi connectivity index (χ4v) is 3.63. The minimum Gasteiger partial charge on any atom is -0.364 e. The zero-order chi connectivity index (χ0) is 18.1. The number of hydrogen-bond acceptors (Lipinski definition) is 7. The summed E-state index contributed by atoms with van der Waals surface area (Å²) in [5, 5.41) is 12.0. The number of anilines is 3. The molecular weight excluding hydrogens is 350 g/mol. The molecule has 9 heteroatoms. The molecule has 1 aliphatic heterocycles. The summed E-state index contributed by atoms with van der Waals surface area (Å²) in [5.41, 5.74) is 1.82. The van der Waals surface area contributed by atoms with Crippen LogP contribution in [0, 0.1) is 19.3 Å². The molecule has 0 bridgehead atoms. The summed E-state index contributed by atoms with van der Waals surface area (Å²) in [4.78, 5) is 17.9. The fourth-order valence-electron chi connectivity index (χ4n) is 2.97. The summed E-state index contributed by atoms with van der Waals surface area (Å²) >= 11 is 1.36. The molecule has 3 aromatic rings. The molecule has 2 N–H and O–H groups in total. The molecule has 4 rings (SSSR count). The molecule has 0 spiro atoms. The van der Waals surface area contributed by atoms with Crippen LogP contribution in [0.2, 0.25) is 0 Å². The number of carbonyl (C=O) groups is 1. The Hall–Kier alpha value is -3.12. The number of hydrogen-bond donors (Lipinski definition) is 2. The first-order chi connectivity index (χ1) is 12.6. The standard InChI is InChI=1S/C17H17N7OS/c1-3-15(25)23-8-6-12(10-23)18-16-13-5-4-7-24(13)21-17(20-16)19-14-9-11(2)22-26-14/h1,4-5,7,9,12H,6,8,10H2,2H3,(H2,18,19,20,21)/t12-/m1/s1. The van der Waals surface area contributed by atoms with E-state index in [1.54, 1.807) is 9.42 Å². The predicted octanol–water partition coefficient (Wildman–Crippen LogP) is 1.88. The lowest BCUT2D eigenvalue weighted by Crippen LogP contribution is -2.30. The van der Waals surface area contributed by atoms with E-state index in [4.69, 9.17) is 6.42 Å². The van der Waals surface area contributed by atoms with E-state index in [2.05, 4.69) is 31.0 Å². The van der Waals surface area contributed by atoms with Gasteiger partial charge in [0.1, 0.15) is 10.5 Å². The molecule has 1 amide bonds. The average molecular weight is 367 g/mol. The first kappa shape index (κ1) is 16.4. The van der Waals surface area contributed by atoms with E-state index >= 15 is 0 Å². The lowest BCUT2D eigenvalue weighted by atomic mass is 10.2. The van der Waals surface area contributed by atoms with Crippen molar-refractivity contribution < 1.29 is 4.79 Å². The molecule has 132 valence electrons. The van der Waals surface area contributed by atoms with E-state index in [0.717, 1.165) is 22.6 Å². The molecule has 1 fully saturated rings. The highest BCUT2D eigenvalue weighted by atomic mass is 32.1. The molecule has 0 aromatic carbocycles. The highest BCUT2D eigenvalue weighted by Crippen LogP contribution is 2.23. The molecule has 1 aliphatic rings. The van der Waals surface area contributed by atoms with Crippen molar-refractivity contribution in [1.82, 2.24) is 23.9 Å². The van der Waals surface area contributed by atoms with Crippen molar-refractivity contribution in [2.45, 2.75) is 19.4 Å². The minimum atomic E-state index is -0.271. The SMILES string of the molecule is C#CC(=O)N1CC[C@@H](Nc2nc(Nc3cc(C)ns3)nn3cccc23)C1. The molecule has 4 heterocycles. The number of aryl methyl sites for hydroxylation is 1. The largest absolute Gasteiger partial charge is 0.364 e. The molecular formula is C17H17N7OS. The highest BCUT2D eigenvalue weighted by molar-refractivity contribution is 7.10. The molecule has 26 heavy (non-hydrogen) atoms. The van der Waals surface area contributed by atoms with Crippen LogP contribution >= 0.6 is 11.5 Å². The summed E-state index contributed by atoms with van der Waals surface area (Å²) in [6, 6.07) is 5.90. The highest BCUT2D eigenvalue weighted by Gasteiger charge is 2.26. The Morgan fingerprint density at radius 1 is 1.50 bits per heavy atom. The van der Waals surface area contributed by atoms with E-state index < -0.39 is 0 Å². The molecule has 1 saturated heterocycles. The Bertz CT molecular complexity index is 1000. The Morgan fingerprint density at radius 2 is 2.38 bits per heavy atom. The molecule has 0 saturated carbocycles. The van der Waals surface area contributed by atoms with Crippen molar-refractivity contribution in [2.24, 2.45) is 0 Å². The van der Waals surface area contributed by atoms with Gasteiger partial charge in [-0.25, -0.2) is 4.52 Å². The van der Waals surface area contributed by atoms with Crippen LogP contribution in [0.1, 0.15) is 12.1 Å². The van der Waals surface area contributed by atoms with E-state index in [0.29, 0.717) is 24.9 Å². The van der Waals surface area contributed by atoms with E-state index in [1.807, 2.05) is 31.3 Å². The maximum absolute atomic E-state index is 11.7. The van der Waals surface area contributed by atoms with Crippen LogP contribution in [0.3, 0.4) is 0 Å². The summed E-state index contributed by atoms with van der Waals surface area (Å²) in [6.07, 6.45) is 7.90. The van der Waals surface area contributed by atoms with Gasteiger partial charge in [-0.2, -0.15) is 9.36 Å². The number of fused-ring (bicyclic) bond motifs is 1. The molecule has 3 aromatic heterocycles. The maximum atomic E-state index is 11.7. The second-order valence-corrected chi connectivity index (χ2v) is 6.91. The van der Waals surface area contributed by atoms with Crippen molar-refractivity contribution in [3.05, 3.63) is 30.1 Å². The number of rotatable bonds is 4. The second kappa shape index (κ2) is 6.65. The predicted molar refractivity (Wildman–Crippen MR) is 101 cm³/mol. The molecule has 8 nitrogen and oxygen atoms in total. The van der Waals surface area contributed by atoms with Gasteiger partial charge in [0, 0.05) is 25.3 Å². The number of terminal acetylenes is 1. The molecule has 1 atom stereocenters. The summed E-state index contributed by atoms with van der Waals surface area (Å²) in [5.74, 6) is 3.10. The van der Waals surface area contributed by atoms with Crippen LogP contribution in [0.5, 0.6) is 0 Å². The van der Waals surface area contributed by atoms with Crippen molar-refractivity contribution in [3.8, 4) is 12.3 Å². The normalized spacial score (nSPS) is 16.6. The van der Waals surface area contributed by atoms with Gasteiger partial charge < -0.3 is 15.5 Å². The smallest absolute Gasteiger partial charge is 0.298 e. The van der Waals surface area contributed by atoms with Gasteiger partial charge in [0.05, 0.1) is 5.69 Å². The fraction of sp³-hybridized carbons (Fsp3) is 0.294. The van der Waals surface area contributed by atoms with Gasteiger partial charge in [0.15, 0.2) is 5.82 Å². The van der Waals surface area contributed by atoms with Crippen molar-refractivity contribution in [3.63, 3.8) is 0 Å². The van der Waals surface area contributed by atoms with Crippen LogP contribution < -0.4 is 10.6 Å². The van der Waals surface area contributed by atoms with Crippen molar-refractivity contribution >= 4 is 39.7 Å². The van der Waals surface area contributed by atoms with Gasteiger partial charge in [-0.3, -0.25) is 4.79 Å². The van der Waals surface area contributed by atoms with E-state index in [-0.39, 0.29) is 11.9 Å². The molecule has 0 radical (unpaired) electrons. The number of amides is 1. The zero-order valence-electron chi connectivity index (χ0n) is 14.1. The van der Waals surface area contributed by atoms with Crippen LogP contribution in [0.4, 0.5) is 16.8 Å². The molecule has 0 aliphatic carbocycles. The number of carbonyl (C=O) groups excluding carboxylic acids is 1. The maximum Gasteiger partial charge on any atom is 0.298 e. The van der Waals surface area contributed by atoms with E-state index in [1.165, 1.54) is 11.5 Å². The second-order valence-electron chi connectivity index (χ2n) is 6.11. The first-order valence-electron chi connectivity index (χ1n) is 8.20. The number of likely N-dealkylation sites (tertiary alicyclic amines) is 1. The van der Waals surface area contributed by atoms with Crippen molar-refractivity contribution in [1.29, 1.82) is 0 Å². The Labute approximate surface area is 154 Å². The van der Waals surface area contributed by atoms with Gasteiger partial charge in [-0.05, 0) is 49.0 Å². The number of nitrogens with one attached hydrogen (secondary N) is 2. The quantitative estimate of drug-likeness (QED) is 0.685. The first-order valence-corrected chi connectivity index (χ1v) is 8.97. The van der Waals surface area contributed by atoms with Crippen LogP contribution in [0.15, 0.2) is 24.4 Å². The topological polar surface area (TPSA) is 87.5 Å². The zero-order valence-corrected chi connectivity index (χ0v) is 15.0. The van der Waals surface area contributed by atoms with Gasteiger partial charge in [-0.15, -0.1) is 11.5 Å². The van der Waals surface area contributed by atoms with Crippen LogP contribution in [0.25, 0.3) is 5.52 Å². The summed E-state index contributed by atoms with van der Waals surface area (Å²) in [6.45, 7) is 3.15. The Kier molecular flexibility index (Phi) is 4.18. The number of nitrogens with zero attached hydrogens (tertiary/aromatic N) is 5. The monoisotopic (exact) mass is 367 g/mol. The van der Waals surface area contributed by atoms with Crippen LogP contribution in [-0.4, -0.2) is 48.9 Å². The van der Waals surface area contributed by atoms with Crippen LogP contribution in [-0.2, 0) is 4.79 Å². The number of aromatic nitrogens is 4. The third-order valence-corrected chi connectivity index (χ3v) is 4.99. The lowest BCUT2D eigenvalue weighted by Gasteiger charge is -2.16. The Morgan fingerprint density at radius 3 is 3.15 bits per heavy atom. The van der Waals surface area contributed by atoms with Gasteiger partial charge in [0.2, 0.25) is 5.95 Å². The third-order valence-electron chi connectivity index (χ3n) is 4.19.